The van der Waals surface area contributed by atoms with Crippen molar-refractivity contribution in [1.29, 1.82) is 0 Å². The minimum absolute atomic E-state index is 0.0246. The van der Waals surface area contributed by atoms with Crippen LogP contribution < -0.4 is 26.6 Å². The number of rotatable bonds is 53. The molecule has 0 radical (unpaired) electrons. The fraction of sp³-hybridized carbons (Fsp3) is 0.800. The van der Waals surface area contributed by atoms with Crippen molar-refractivity contribution in [3.63, 3.8) is 0 Å². The highest BCUT2D eigenvalue weighted by molar-refractivity contribution is 5.84. The van der Waals surface area contributed by atoms with E-state index >= 15 is 0 Å². The van der Waals surface area contributed by atoms with Gasteiger partial charge in [-0.1, -0.05) is 116 Å². The Morgan fingerprint density at radius 2 is 1.04 bits per heavy atom. The molecule has 0 spiro atoms. The third-order valence-electron chi connectivity index (χ3n) is 14.3. The second-order valence-corrected chi connectivity index (χ2v) is 21.8. The Morgan fingerprint density at radius 3 is 1.53 bits per heavy atom. The van der Waals surface area contributed by atoms with Gasteiger partial charge in [0.2, 0.25) is 29.5 Å². The van der Waals surface area contributed by atoms with Crippen LogP contribution in [0.15, 0.2) is 12.5 Å². The number of amides is 5. The number of aromatic nitrogens is 2. The molecule has 2 rings (SSSR count). The Bertz CT molecular complexity index is 1900. The van der Waals surface area contributed by atoms with E-state index in [0.717, 1.165) is 43.3 Å². The summed E-state index contributed by atoms with van der Waals surface area (Å²) in [6.45, 7) is 6.08. The number of imidazole rings is 1. The predicted molar refractivity (Wildman–Crippen MR) is 313 cm³/mol. The first-order valence-corrected chi connectivity index (χ1v) is 30.9. The zero-order chi connectivity index (χ0) is 61.0. The van der Waals surface area contributed by atoms with Gasteiger partial charge in [-0.25, -0.2) is 9.78 Å². The van der Waals surface area contributed by atoms with E-state index in [1.807, 2.05) is 0 Å². The van der Waals surface area contributed by atoms with Crippen LogP contribution in [0.4, 0.5) is 0 Å². The van der Waals surface area contributed by atoms with E-state index in [1.54, 1.807) is 6.20 Å². The van der Waals surface area contributed by atoms with Crippen molar-refractivity contribution in [2.45, 2.75) is 213 Å². The normalized spacial score (nSPS) is 14.5. The Balaban J connectivity index is 0.000000922. The van der Waals surface area contributed by atoms with Gasteiger partial charge in [0.15, 0.2) is 0 Å². The number of carboxylic acids is 3. The van der Waals surface area contributed by atoms with Crippen molar-refractivity contribution in [3.8, 4) is 0 Å². The van der Waals surface area contributed by atoms with Gasteiger partial charge in [0.1, 0.15) is 25.0 Å². The molecule has 1 aliphatic rings. The summed E-state index contributed by atoms with van der Waals surface area (Å²) in [7, 11) is 0. The topological polar surface area (TPSA) is 340 Å². The monoisotopic (exact) mass is 1180 g/mol. The minimum Gasteiger partial charge on any atom is -0.481 e. The van der Waals surface area contributed by atoms with E-state index in [2.05, 4.69) is 43.5 Å². The lowest BCUT2D eigenvalue weighted by Crippen LogP contribution is -2.40. The van der Waals surface area contributed by atoms with E-state index in [4.69, 9.17) is 29.2 Å². The summed E-state index contributed by atoms with van der Waals surface area (Å²) in [5.74, 6) is -3.41. The number of unbranched alkanes of at least 4 members (excludes halogenated alkanes) is 16. The molecule has 1 heterocycles. The number of nitrogens with one attached hydrogen (secondary N) is 6. The van der Waals surface area contributed by atoms with Crippen LogP contribution in [0.2, 0.25) is 0 Å². The lowest BCUT2D eigenvalue weighted by molar-refractivity contribution is -0.144. The molecule has 0 aliphatic heterocycles. The number of aliphatic carboxylic acids is 3. The van der Waals surface area contributed by atoms with E-state index in [0.29, 0.717) is 45.1 Å². The first-order chi connectivity index (χ1) is 40.0. The number of aromatic amines is 1. The smallest absolute Gasteiger partial charge is 0.326 e. The van der Waals surface area contributed by atoms with Crippen LogP contribution in [0.3, 0.4) is 0 Å². The number of ether oxygens (including phenoxy) is 4. The lowest BCUT2D eigenvalue weighted by Gasteiger charge is -2.26. The lowest BCUT2D eigenvalue weighted by atomic mass is 9.83. The quantitative estimate of drug-likeness (QED) is 0.0297. The van der Waals surface area contributed by atoms with E-state index in [1.165, 1.54) is 122 Å². The van der Waals surface area contributed by atoms with Crippen molar-refractivity contribution in [2.24, 2.45) is 17.8 Å². The third-order valence-corrected chi connectivity index (χ3v) is 14.3. The van der Waals surface area contributed by atoms with Crippen molar-refractivity contribution < 1.29 is 77.4 Å². The average Bonchev–Trinajstić information content (AvgIpc) is 3.98. The molecule has 83 heavy (non-hydrogen) atoms. The molecular weight excluding hydrogens is 1070 g/mol. The van der Waals surface area contributed by atoms with Crippen molar-refractivity contribution in [2.75, 3.05) is 79.0 Å². The maximum Gasteiger partial charge on any atom is 0.326 e. The molecule has 476 valence electrons. The van der Waals surface area contributed by atoms with Crippen LogP contribution in [-0.2, 0) is 68.5 Å². The second-order valence-electron chi connectivity index (χ2n) is 21.8. The van der Waals surface area contributed by atoms with Crippen LogP contribution >= 0.6 is 0 Å². The second kappa shape index (κ2) is 52.1. The minimum atomic E-state index is -1.21. The van der Waals surface area contributed by atoms with Crippen molar-refractivity contribution >= 4 is 53.2 Å². The van der Waals surface area contributed by atoms with E-state index in [-0.39, 0.29) is 121 Å². The number of carbonyl (C=O) groups is 9. The number of H-pyrrole nitrogens is 1. The predicted octanol–water partition coefficient (Wildman–Crippen LogP) is 6.99. The number of Topliss-reactive ketones (excluding diaryl/α,β-unsaturated/α-hetero) is 1. The number of aryl methyl sites for hydroxylation is 1. The fourth-order valence-electron chi connectivity index (χ4n) is 9.31. The van der Waals surface area contributed by atoms with Crippen LogP contribution in [-0.4, -0.2) is 164 Å². The van der Waals surface area contributed by atoms with Gasteiger partial charge in [0, 0.05) is 77.1 Å². The van der Waals surface area contributed by atoms with Gasteiger partial charge in [-0.3, -0.25) is 38.4 Å². The molecule has 0 aromatic carbocycles. The molecule has 0 saturated heterocycles. The fourth-order valence-corrected chi connectivity index (χ4v) is 9.31. The number of carboxylic acid groups (broad SMARTS) is 3. The molecule has 1 aliphatic carbocycles. The Labute approximate surface area is 493 Å². The van der Waals surface area contributed by atoms with Gasteiger partial charge in [-0.05, 0) is 63.2 Å². The molecule has 0 bridgehead atoms. The highest BCUT2D eigenvalue weighted by atomic mass is 16.5. The molecule has 1 aromatic rings. The Morgan fingerprint density at radius 1 is 0.542 bits per heavy atom. The summed E-state index contributed by atoms with van der Waals surface area (Å²) >= 11 is 0. The van der Waals surface area contributed by atoms with Crippen LogP contribution in [0.25, 0.3) is 0 Å². The van der Waals surface area contributed by atoms with Gasteiger partial charge >= 0.3 is 17.9 Å². The third kappa shape index (κ3) is 48.6. The van der Waals surface area contributed by atoms with Crippen molar-refractivity contribution in [3.05, 3.63) is 18.2 Å². The highest BCUT2D eigenvalue weighted by Gasteiger charge is 2.22. The number of ketones is 1. The van der Waals surface area contributed by atoms with Gasteiger partial charge in [0.05, 0.1) is 51.9 Å². The zero-order valence-electron chi connectivity index (χ0n) is 50.3. The van der Waals surface area contributed by atoms with Crippen LogP contribution in [0.1, 0.15) is 206 Å². The molecule has 9 N–H and O–H groups in total. The average molecular weight is 1180 g/mol. The van der Waals surface area contributed by atoms with Crippen molar-refractivity contribution in [1.82, 2.24) is 36.6 Å². The van der Waals surface area contributed by atoms with Gasteiger partial charge in [0.25, 0.3) is 0 Å². The maximum absolute atomic E-state index is 12.2. The van der Waals surface area contributed by atoms with E-state index < -0.39 is 35.8 Å². The summed E-state index contributed by atoms with van der Waals surface area (Å²) in [6, 6.07) is -1.13. The molecule has 1 fully saturated rings. The van der Waals surface area contributed by atoms with E-state index in [9.17, 15) is 48.3 Å². The summed E-state index contributed by atoms with van der Waals surface area (Å²) in [4.78, 5) is 111. The van der Waals surface area contributed by atoms with Gasteiger partial charge < -0.3 is 65.8 Å². The number of hydrogen-bond donors (Lipinski definition) is 9. The highest BCUT2D eigenvalue weighted by Crippen LogP contribution is 2.27. The summed E-state index contributed by atoms with van der Waals surface area (Å²) in [6.07, 6.45) is 31.6. The molecule has 2 atom stereocenters. The Hall–Kier alpha value is -5.52. The summed E-state index contributed by atoms with van der Waals surface area (Å²) in [5, 5.41) is 40.4. The summed E-state index contributed by atoms with van der Waals surface area (Å²) < 4.78 is 21.1. The SMILES string of the molecule is CC(=O)NC(CCC(=O)NCCOCCOCC(=O)NCCOCCOCC(=O)NCCCC[C@H](CC(=O)CCc1cnc[nH]1)C(=O)O)C(=O)O.CC1CCC(CNC(=O)CCCCCCCCCCCCCCCCCCC(=O)O)CC1. The maximum atomic E-state index is 12.2. The molecule has 1 aromatic heterocycles. The standard InChI is InChI=1S/C32H52N6O13.C28H53NO3/c1-23(39)38-27(32(46)47)7-8-28(41)35-10-12-48-14-17-51-21-30(43)36-11-13-49-15-16-50-20-29(42)34-9-3-2-4-24(31(44)45)18-26(40)6-5-25-19-33-22-37-25;1-25-20-22-26(23-21-25)24-29-27(30)18-16-14-12-10-8-6-4-2-3-5-7-9-11-13-15-17-19-28(31)32/h19,22,24,27H,2-18,20-21H2,1H3,(H,33,37)(H,34,42)(H,35,41)(H,36,43)(H,38,39)(H,44,45)(H,46,47);25-26H,2-24H2,1H3,(H,29,30)(H,31,32)/t24-,27?;/m1./s1. The first-order valence-electron chi connectivity index (χ1n) is 30.9. The van der Waals surface area contributed by atoms with Crippen LogP contribution in [0.5, 0.6) is 0 Å². The van der Waals surface area contributed by atoms with Crippen LogP contribution in [0, 0.1) is 17.8 Å². The van der Waals surface area contributed by atoms with Gasteiger partial charge in [-0.15, -0.1) is 0 Å². The zero-order valence-corrected chi connectivity index (χ0v) is 50.3. The molecular formula is C60H105N7O16. The molecule has 23 heteroatoms. The molecule has 23 nitrogen and oxygen atoms in total. The summed E-state index contributed by atoms with van der Waals surface area (Å²) in [5.41, 5.74) is 0.824. The first kappa shape index (κ1) is 75.5. The number of hydrogen-bond acceptors (Lipinski definition) is 14. The Kier molecular flexibility index (Phi) is 47.4. The molecule has 5 amide bonds. The largest absolute Gasteiger partial charge is 0.481 e. The number of nitrogens with zero attached hydrogens (tertiary/aromatic N) is 1. The molecule has 1 saturated carbocycles. The van der Waals surface area contributed by atoms with Gasteiger partial charge in [-0.2, -0.15) is 0 Å². The molecule has 1 unspecified atom stereocenters. The number of carbonyl (C=O) groups excluding carboxylic acids is 6.